The number of nitrogens with zero attached hydrogens (tertiary/aromatic N) is 4. The zero-order chi connectivity index (χ0) is 28.5. The van der Waals surface area contributed by atoms with Gasteiger partial charge in [0.15, 0.2) is 5.82 Å². The summed E-state index contributed by atoms with van der Waals surface area (Å²) in [5.74, 6) is -3.09. The van der Waals surface area contributed by atoms with Gasteiger partial charge in [0, 0.05) is 18.0 Å². The summed E-state index contributed by atoms with van der Waals surface area (Å²) in [5.41, 5.74) is 1.40. The van der Waals surface area contributed by atoms with Crippen LogP contribution < -0.4 is 20.9 Å². The maximum absolute atomic E-state index is 13.4. The van der Waals surface area contributed by atoms with Crippen LogP contribution in [0, 0.1) is 11.8 Å². The minimum atomic E-state index is -0.921. The van der Waals surface area contributed by atoms with Gasteiger partial charge in [-0.15, -0.1) is 10.2 Å². The van der Waals surface area contributed by atoms with Crippen molar-refractivity contribution in [3.05, 3.63) is 35.7 Å². The molecule has 2 heterocycles. The van der Waals surface area contributed by atoms with E-state index in [2.05, 4.69) is 41.3 Å². The highest BCUT2D eigenvalue weighted by Crippen LogP contribution is 2.32. The highest BCUT2D eigenvalue weighted by atomic mass is 16.5. The first-order valence-electron chi connectivity index (χ1n) is 12.7. The third-order valence-electron chi connectivity index (χ3n) is 6.71. The molecule has 0 bridgehead atoms. The van der Waals surface area contributed by atoms with Crippen LogP contribution in [0.3, 0.4) is 0 Å². The molecule has 0 fully saturated rings. The number of para-hydroxylation sites is 1. The van der Waals surface area contributed by atoms with Crippen LogP contribution in [-0.4, -0.2) is 76.0 Å². The van der Waals surface area contributed by atoms with Gasteiger partial charge in [-0.2, -0.15) is 5.21 Å². The summed E-state index contributed by atoms with van der Waals surface area (Å²) < 4.78 is 4.61. The number of benzene rings is 1. The lowest BCUT2D eigenvalue weighted by atomic mass is 9.97. The summed E-state index contributed by atoms with van der Waals surface area (Å²) >= 11 is 0. The third kappa shape index (κ3) is 7.36. The maximum atomic E-state index is 13.4. The van der Waals surface area contributed by atoms with Crippen molar-refractivity contribution >= 4 is 35.3 Å². The van der Waals surface area contributed by atoms with Crippen LogP contribution in [0.1, 0.15) is 45.0 Å². The number of fused-ring (bicyclic) bond motifs is 1. The fourth-order valence-corrected chi connectivity index (χ4v) is 4.23. The quantitative estimate of drug-likeness (QED) is 0.259. The number of rotatable bonds is 12. The molecular weight excluding hydrogens is 508 g/mol. The highest BCUT2D eigenvalue weighted by Gasteiger charge is 2.38. The molecule has 1 aliphatic heterocycles. The van der Waals surface area contributed by atoms with Gasteiger partial charge in [0.1, 0.15) is 12.1 Å². The van der Waals surface area contributed by atoms with E-state index in [0.29, 0.717) is 24.4 Å². The van der Waals surface area contributed by atoms with Crippen LogP contribution in [-0.2, 0) is 41.7 Å². The fraction of sp³-hybridized carbons (Fsp3) is 0.520. The molecule has 4 N–H and O–H groups in total. The Morgan fingerprint density at radius 3 is 2.54 bits per heavy atom. The molecule has 0 saturated heterocycles. The smallest absolute Gasteiger partial charge is 0.306 e. The highest BCUT2D eigenvalue weighted by molar-refractivity contribution is 6.05. The van der Waals surface area contributed by atoms with E-state index < -0.39 is 47.6 Å². The molecule has 210 valence electrons. The lowest BCUT2D eigenvalue weighted by Crippen LogP contribution is -2.55. The average Bonchev–Trinajstić information content (AvgIpc) is 3.60. The maximum Gasteiger partial charge on any atom is 0.306 e. The molecule has 14 nitrogen and oxygen atoms in total. The Kier molecular flexibility index (Phi) is 10.1. The summed E-state index contributed by atoms with van der Waals surface area (Å²) in [6.07, 6.45) is 0.762. The fourth-order valence-electron chi connectivity index (χ4n) is 4.23. The molecule has 1 aromatic carbocycles. The van der Waals surface area contributed by atoms with Gasteiger partial charge in [-0.3, -0.25) is 28.9 Å². The van der Waals surface area contributed by atoms with E-state index in [1.807, 2.05) is 19.1 Å². The van der Waals surface area contributed by atoms with Crippen LogP contribution in [0.15, 0.2) is 24.3 Å². The van der Waals surface area contributed by atoms with Crippen molar-refractivity contribution in [3.8, 4) is 0 Å². The Hall–Kier alpha value is -4.36. The molecule has 0 saturated carbocycles. The number of hydrogen-bond acceptors (Lipinski definition) is 9. The summed E-state index contributed by atoms with van der Waals surface area (Å²) in [6.45, 7) is 4.89. The SMILES string of the molecule is CC[C@H](C)[C@H](NC(=O)[C@H](C)CC(=O)OC)C(=O)NCC(=O)N1c2ccccc2C[C@H]1C(=O)NCc1nn[nH]n1. The molecular formula is C25H34N8O6. The van der Waals surface area contributed by atoms with E-state index >= 15 is 0 Å². The Labute approximate surface area is 225 Å². The van der Waals surface area contributed by atoms with E-state index in [9.17, 15) is 24.0 Å². The number of aromatic nitrogens is 4. The molecule has 4 atom stereocenters. The number of tetrazole rings is 1. The van der Waals surface area contributed by atoms with Crippen molar-refractivity contribution in [2.24, 2.45) is 11.8 Å². The van der Waals surface area contributed by atoms with Crippen molar-refractivity contribution in [2.75, 3.05) is 18.6 Å². The number of amides is 4. The van der Waals surface area contributed by atoms with E-state index in [-0.39, 0.29) is 25.4 Å². The average molecular weight is 543 g/mol. The number of esters is 1. The Balaban J connectivity index is 1.67. The minimum absolute atomic E-state index is 0.0334. The van der Waals surface area contributed by atoms with E-state index in [4.69, 9.17) is 0 Å². The molecule has 4 amide bonds. The molecule has 0 radical (unpaired) electrons. The zero-order valence-corrected chi connectivity index (χ0v) is 22.4. The molecule has 39 heavy (non-hydrogen) atoms. The van der Waals surface area contributed by atoms with Crippen LogP contribution >= 0.6 is 0 Å². The molecule has 3 rings (SSSR count). The van der Waals surface area contributed by atoms with Gasteiger partial charge in [-0.25, -0.2) is 0 Å². The second-order valence-electron chi connectivity index (χ2n) is 9.43. The topological polar surface area (TPSA) is 188 Å². The first-order valence-corrected chi connectivity index (χ1v) is 12.7. The number of anilines is 1. The van der Waals surface area contributed by atoms with E-state index in [1.165, 1.54) is 12.0 Å². The predicted molar refractivity (Wildman–Crippen MR) is 138 cm³/mol. The van der Waals surface area contributed by atoms with Gasteiger partial charge in [0.05, 0.1) is 26.6 Å². The van der Waals surface area contributed by atoms with Crippen LogP contribution in [0.2, 0.25) is 0 Å². The van der Waals surface area contributed by atoms with Crippen molar-refractivity contribution in [1.29, 1.82) is 0 Å². The molecule has 0 aliphatic carbocycles. The van der Waals surface area contributed by atoms with Gasteiger partial charge in [-0.05, 0) is 17.5 Å². The van der Waals surface area contributed by atoms with Crippen molar-refractivity contribution < 1.29 is 28.7 Å². The molecule has 1 aliphatic rings. The van der Waals surface area contributed by atoms with Crippen LogP contribution in [0.5, 0.6) is 0 Å². The zero-order valence-electron chi connectivity index (χ0n) is 22.4. The predicted octanol–water partition coefficient (Wildman–Crippen LogP) is -0.380. The number of H-pyrrole nitrogens is 1. The Morgan fingerprint density at radius 1 is 1.13 bits per heavy atom. The van der Waals surface area contributed by atoms with Gasteiger partial charge >= 0.3 is 5.97 Å². The number of ether oxygens (including phenoxy) is 1. The summed E-state index contributed by atoms with van der Waals surface area (Å²) in [7, 11) is 1.24. The number of hydrogen-bond donors (Lipinski definition) is 4. The third-order valence-corrected chi connectivity index (χ3v) is 6.71. The summed E-state index contributed by atoms with van der Waals surface area (Å²) in [4.78, 5) is 65.0. The standard InChI is InChI=1S/C25H34N8O6/c1-5-14(2)22(28-23(36)15(3)10-21(35)39-4)25(38)27-13-20(34)33-17-9-7-6-8-16(17)11-18(33)24(37)26-12-19-29-31-32-30-19/h6-9,14-15,18,22H,5,10-13H2,1-4H3,(H,26,37)(H,27,38)(H,28,36)(H,29,30,31,32)/t14-,15+,18-,22-/m0/s1. The lowest BCUT2D eigenvalue weighted by Gasteiger charge is -2.27. The largest absolute Gasteiger partial charge is 0.469 e. The number of aromatic amines is 1. The molecule has 0 unspecified atom stereocenters. The van der Waals surface area contributed by atoms with Gasteiger partial charge in [0.25, 0.3) is 0 Å². The van der Waals surface area contributed by atoms with E-state index in [1.54, 1.807) is 26.0 Å². The Bertz CT molecular complexity index is 1190. The minimum Gasteiger partial charge on any atom is -0.469 e. The van der Waals surface area contributed by atoms with Crippen molar-refractivity contribution in [2.45, 2.75) is 58.7 Å². The number of carbonyl (C=O) groups excluding carboxylic acids is 5. The Morgan fingerprint density at radius 2 is 1.87 bits per heavy atom. The van der Waals surface area contributed by atoms with Gasteiger partial charge in [0.2, 0.25) is 23.6 Å². The monoisotopic (exact) mass is 542 g/mol. The summed E-state index contributed by atoms with van der Waals surface area (Å²) in [5, 5.41) is 21.4. The first kappa shape index (κ1) is 29.2. The second-order valence-corrected chi connectivity index (χ2v) is 9.43. The number of carbonyl (C=O) groups is 5. The van der Waals surface area contributed by atoms with Crippen molar-refractivity contribution in [3.63, 3.8) is 0 Å². The number of methoxy groups -OCH3 is 1. The van der Waals surface area contributed by atoms with Crippen LogP contribution in [0.4, 0.5) is 5.69 Å². The van der Waals surface area contributed by atoms with Crippen molar-refractivity contribution in [1.82, 2.24) is 36.6 Å². The molecule has 0 spiro atoms. The normalized spacial score (nSPS) is 16.4. The van der Waals surface area contributed by atoms with Gasteiger partial charge in [-0.1, -0.05) is 50.6 Å². The first-order chi connectivity index (χ1) is 18.7. The molecule has 2 aromatic rings. The van der Waals surface area contributed by atoms with Crippen LogP contribution in [0.25, 0.3) is 0 Å². The van der Waals surface area contributed by atoms with E-state index in [0.717, 1.165) is 5.56 Å². The second kappa shape index (κ2) is 13.4. The lowest BCUT2D eigenvalue weighted by molar-refractivity contribution is -0.144. The number of nitrogens with one attached hydrogen (secondary N) is 4. The summed E-state index contributed by atoms with van der Waals surface area (Å²) in [6, 6.07) is 5.42. The molecule has 14 heteroatoms. The molecule has 1 aromatic heterocycles. The van der Waals surface area contributed by atoms with Gasteiger partial charge < -0.3 is 20.7 Å².